The number of aromatic nitrogens is 1. The van der Waals surface area contributed by atoms with Crippen LogP contribution < -0.4 is 0 Å². The molecule has 0 saturated carbocycles. The van der Waals surface area contributed by atoms with Crippen LogP contribution in [0.2, 0.25) is 0 Å². The fourth-order valence-corrected chi connectivity index (χ4v) is 3.88. The molecule has 0 fully saturated rings. The molecule has 0 amide bonds. The van der Waals surface area contributed by atoms with E-state index >= 15 is 0 Å². The summed E-state index contributed by atoms with van der Waals surface area (Å²) < 4.78 is 43.4. The molecule has 1 heterocycles. The predicted octanol–water partition coefficient (Wildman–Crippen LogP) is 5.45. The molecule has 0 radical (unpaired) electrons. The maximum Gasteiger partial charge on any atom is 0.199 e. The van der Waals surface area contributed by atoms with Crippen LogP contribution in [0.3, 0.4) is 0 Å². The number of aryl methyl sites for hydroxylation is 1. The summed E-state index contributed by atoms with van der Waals surface area (Å²) in [5.41, 5.74) is 3.60. The maximum atomic E-state index is 13.8. The Kier molecular flexibility index (Phi) is 5.26. The zero-order chi connectivity index (χ0) is 21.3. The maximum absolute atomic E-state index is 13.8. The normalized spacial score (nSPS) is 11.6. The highest BCUT2D eigenvalue weighted by Crippen LogP contribution is 2.34. The number of sulfone groups is 1. The van der Waals surface area contributed by atoms with E-state index in [1.807, 2.05) is 30.3 Å². The van der Waals surface area contributed by atoms with Gasteiger partial charge in [-0.2, -0.15) is 0 Å². The second-order valence-electron chi connectivity index (χ2n) is 7.21. The summed E-state index contributed by atoms with van der Waals surface area (Å²) in [5, 5.41) is 0. The van der Waals surface area contributed by atoms with Crippen LogP contribution in [0.15, 0.2) is 82.1 Å². The number of halogens is 1. The van der Waals surface area contributed by atoms with Crippen molar-refractivity contribution < 1.29 is 17.2 Å². The first kappa shape index (κ1) is 20.0. The van der Waals surface area contributed by atoms with Gasteiger partial charge in [0.2, 0.25) is 0 Å². The molecule has 0 aliphatic rings. The van der Waals surface area contributed by atoms with Gasteiger partial charge in [-0.05, 0) is 60.5 Å². The van der Waals surface area contributed by atoms with Crippen LogP contribution in [-0.2, 0) is 16.3 Å². The van der Waals surface area contributed by atoms with E-state index in [4.69, 9.17) is 4.42 Å². The van der Waals surface area contributed by atoms with Crippen LogP contribution in [0, 0.1) is 12.7 Å². The van der Waals surface area contributed by atoms with E-state index in [2.05, 4.69) is 4.98 Å². The summed E-state index contributed by atoms with van der Waals surface area (Å²) in [6, 6.07) is 21.1. The third-order valence-corrected chi connectivity index (χ3v) is 5.97. The van der Waals surface area contributed by atoms with Crippen LogP contribution >= 0.6 is 0 Å². The molecule has 0 N–H and O–H groups in total. The second kappa shape index (κ2) is 7.88. The third-order valence-electron chi connectivity index (χ3n) is 4.85. The zero-order valence-corrected chi connectivity index (χ0v) is 17.4. The molecule has 0 atom stereocenters. The molecule has 3 aromatic carbocycles. The topological polar surface area (TPSA) is 60.2 Å². The highest BCUT2D eigenvalue weighted by molar-refractivity contribution is 7.90. The van der Waals surface area contributed by atoms with E-state index in [1.54, 1.807) is 43.3 Å². The van der Waals surface area contributed by atoms with Crippen LogP contribution in [0.1, 0.15) is 17.0 Å². The van der Waals surface area contributed by atoms with Crippen LogP contribution in [-0.4, -0.2) is 19.7 Å². The van der Waals surface area contributed by atoms with Crippen molar-refractivity contribution in [2.24, 2.45) is 0 Å². The van der Waals surface area contributed by atoms with Gasteiger partial charge >= 0.3 is 0 Å². The minimum absolute atomic E-state index is 0.231. The second-order valence-corrected chi connectivity index (χ2v) is 9.22. The Labute approximate surface area is 175 Å². The number of hydrogen-bond acceptors (Lipinski definition) is 4. The fraction of sp³-hybridized carbons (Fsp3) is 0.125. The summed E-state index contributed by atoms with van der Waals surface area (Å²) in [7, 11) is -3.30. The zero-order valence-electron chi connectivity index (χ0n) is 16.6. The molecule has 0 saturated heterocycles. The smallest absolute Gasteiger partial charge is 0.199 e. The number of hydrogen-bond donors (Lipinski definition) is 0. The van der Waals surface area contributed by atoms with E-state index in [0.29, 0.717) is 34.9 Å². The van der Waals surface area contributed by atoms with E-state index in [1.165, 1.54) is 12.3 Å². The Hall–Kier alpha value is -3.25. The molecule has 0 unspecified atom stereocenters. The third kappa shape index (κ3) is 4.19. The fourth-order valence-electron chi connectivity index (χ4n) is 3.25. The number of benzene rings is 3. The van der Waals surface area contributed by atoms with Crippen molar-refractivity contribution in [3.63, 3.8) is 0 Å². The molecule has 0 spiro atoms. The first-order valence-corrected chi connectivity index (χ1v) is 11.3. The lowest BCUT2D eigenvalue weighted by atomic mass is 10.0. The minimum Gasteiger partial charge on any atom is -0.440 e. The molecule has 0 aliphatic heterocycles. The van der Waals surface area contributed by atoms with Crippen molar-refractivity contribution in [2.45, 2.75) is 18.2 Å². The van der Waals surface area contributed by atoms with Crippen LogP contribution in [0.25, 0.3) is 22.6 Å². The van der Waals surface area contributed by atoms with Gasteiger partial charge < -0.3 is 4.42 Å². The van der Waals surface area contributed by atoms with Gasteiger partial charge in [-0.25, -0.2) is 17.8 Å². The summed E-state index contributed by atoms with van der Waals surface area (Å²) in [5.74, 6) is 0.762. The largest absolute Gasteiger partial charge is 0.440 e. The first-order chi connectivity index (χ1) is 14.3. The van der Waals surface area contributed by atoms with Gasteiger partial charge in [0.05, 0.1) is 4.90 Å². The molecule has 0 aliphatic carbocycles. The standard InChI is InChI=1S/C24H20FNO3S/c1-16-14-19(10-13-21(16)25)23-24(18-8-11-20(12-9-18)30(2,27)28)29-22(26-23)15-17-6-4-3-5-7-17/h3-14H,15H2,1-2H3. The van der Waals surface area contributed by atoms with Crippen molar-refractivity contribution >= 4 is 9.84 Å². The van der Waals surface area contributed by atoms with Gasteiger partial charge in [0.15, 0.2) is 21.5 Å². The van der Waals surface area contributed by atoms with Gasteiger partial charge in [-0.15, -0.1) is 0 Å². The van der Waals surface area contributed by atoms with Gasteiger partial charge in [0.1, 0.15) is 11.5 Å². The molecule has 152 valence electrons. The molecule has 4 aromatic rings. The minimum atomic E-state index is -3.30. The van der Waals surface area contributed by atoms with E-state index in [0.717, 1.165) is 11.1 Å². The number of nitrogens with zero attached hydrogens (tertiary/aromatic N) is 1. The van der Waals surface area contributed by atoms with Crippen molar-refractivity contribution in [3.05, 3.63) is 95.6 Å². The van der Waals surface area contributed by atoms with Crippen LogP contribution in [0.4, 0.5) is 4.39 Å². The Bertz CT molecular complexity index is 1290. The SMILES string of the molecule is Cc1cc(-c2nc(Cc3ccccc3)oc2-c2ccc(S(C)(=O)=O)cc2)ccc1F. The molecule has 4 rings (SSSR count). The molecule has 0 bridgehead atoms. The predicted molar refractivity (Wildman–Crippen MR) is 114 cm³/mol. The Morgan fingerprint density at radius 2 is 1.60 bits per heavy atom. The van der Waals surface area contributed by atoms with Gasteiger partial charge in [0.25, 0.3) is 0 Å². The highest BCUT2D eigenvalue weighted by atomic mass is 32.2. The van der Waals surface area contributed by atoms with Crippen molar-refractivity contribution in [3.8, 4) is 22.6 Å². The first-order valence-electron chi connectivity index (χ1n) is 9.42. The quantitative estimate of drug-likeness (QED) is 0.430. The average molecular weight is 421 g/mol. The Morgan fingerprint density at radius 1 is 0.933 bits per heavy atom. The average Bonchev–Trinajstić information content (AvgIpc) is 3.14. The van der Waals surface area contributed by atoms with Crippen molar-refractivity contribution in [2.75, 3.05) is 6.26 Å². The molecule has 4 nitrogen and oxygen atoms in total. The lowest BCUT2D eigenvalue weighted by Crippen LogP contribution is -1.96. The summed E-state index contributed by atoms with van der Waals surface area (Å²) >= 11 is 0. The highest BCUT2D eigenvalue weighted by Gasteiger charge is 2.19. The number of oxazole rings is 1. The van der Waals surface area contributed by atoms with Gasteiger partial charge in [0, 0.05) is 23.8 Å². The molecule has 6 heteroatoms. The lowest BCUT2D eigenvalue weighted by Gasteiger charge is -2.05. The molecular formula is C24H20FNO3S. The van der Waals surface area contributed by atoms with Gasteiger partial charge in [-0.3, -0.25) is 0 Å². The van der Waals surface area contributed by atoms with Gasteiger partial charge in [-0.1, -0.05) is 30.3 Å². The lowest BCUT2D eigenvalue weighted by molar-refractivity contribution is 0.519. The molecule has 30 heavy (non-hydrogen) atoms. The molecule has 1 aromatic heterocycles. The van der Waals surface area contributed by atoms with E-state index < -0.39 is 9.84 Å². The monoisotopic (exact) mass is 421 g/mol. The Balaban J connectivity index is 1.81. The van der Waals surface area contributed by atoms with Crippen LogP contribution in [0.5, 0.6) is 0 Å². The van der Waals surface area contributed by atoms with Crippen molar-refractivity contribution in [1.82, 2.24) is 4.98 Å². The Morgan fingerprint density at radius 3 is 2.23 bits per heavy atom. The van der Waals surface area contributed by atoms with Crippen molar-refractivity contribution in [1.29, 1.82) is 0 Å². The van der Waals surface area contributed by atoms with E-state index in [9.17, 15) is 12.8 Å². The number of rotatable bonds is 5. The summed E-state index contributed by atoms with van der Waals surface area (Å²) in [4.78, 5) is 4.92. The summed E-state index contributed by atoms with van der Waals surface area (Å²) in [6.45, 7) is 1.70. The van der Waals surface area contributed by atoms with E-state index in [-0.39, 0.29) is 10.7 Å². The summed E-state index contributed by atoms with van der Waals surface area (Å²) in [6.07, 6.45) is 1.68. The molecular weight excluding hydrogens is 401 g/mol.